The maximum absolute atomic E-state index is 11.4. The Morgan fingerprint density at radius 3 is 1.33 bits per heavy atom. The number of nitrogens with zero attached hydrogens (tertiary/aromatic N) is 2. The van der Waals surface area contributed by atoms with E-state index in [9.17, 15) is 19.2 Å². The largest absolute Gasteiger partial charge is 0.278 e. The number of hydrogen-bond acceptors (Lipinski definition) is 4. The van der Waals surface area contributed by atoms with Crippen LogP contribution < -0.4 is 0 Å². The van der Waals surface area contributed by atoms with Gasteiger partial charge in [-0.1, -0.05) is 6.58 Å². The van der Waals surface area contributed by atoms with Crippen molar-refractivity contribution in [2.45, 2.75) is 25.7 Å². The molecule has 2 saturated heterocycles. The minimum absolute atomic E-state index is 0.0920. The molecule has 2 aliphatic rings. The summed E-state index contributed by atoms with van der Waals surface area (Å²) in [4.78, 5) is 47.9. The zero-order valence-corrected chi connectivity index (χ0v) is 9.98. The lowest BCUT2D eigenvalue weighted by atomic mass is 10.2. The Morgan fingerprint density at radius 2 is 1.06 bits per heavy atom. The zero-order valence-electron chi connectivity index (χ0n) is 9.98. The van der Waals surface area contributed by atoms with Crippen LogP contribution in [0.4, 0.5) is 0 Å². The molecule has 6 heteroatoms. The number of imide groups is 2. The van der Waals surface area contributed by atoms with Gasteiger partial charge in [0.25, 0.3) is 0 Å². The Hall–Kier alpha value is -1.98. The Bertz CT molecular complexity index is 383. The Kier molecular flexibility index (Phi) is 3.27. The van der Waals surface area contributed by atoms with Crippen molar-refractivity contribution in [3.63, 3.8) is 0 Å². The third-order valence-corrected chi connectivity index (χ3v) is 3.07. The predicted octanol–water partition coefficient (Wildman–Crippen LogP) is -0.159. The molecule has 2 heterocycles. The van der Waals surface area contributed by atoms with Gasteiger partial charge in [0.1, 0.15) is 0 Å². The van der Waals surface area contributed by atoms with E-state index in [1.165, 1.54) is 0 Å². The fourth-order valence-electron chi connectivity index (χ4n) is 2.10. The van der Waals surface area contributed by atoms with Crippen LogP contribution >= 0.6 is 0 Å². The minimum Gasteiger partial charge on any atom is -0.278 e. The Labute approximate surface area is 104 Å². The molecule has 0 aliphatic carbocycles. The maximum Gasteiger partial charge on any atom is 0.229 e. The van der Waals surface area contributed by atoms with Gasteiger partial charge >= 0.3 is 0 Å². The molecule has 0 unspecified atom stereocenters. The van der Waals surface area contributed by atoms with E-state index >= 15 is 0 Å². The second-order valence-corrected chi connectivity index (χ2v) is 4.50. The highest BCUT2D eigenvalue weighted by molar-refractivity contribution is 6.03. The van der Waals surface area contributed by atoms with E-state index in [0.29, 0.717) is 5.57 Å². The van der Waals surface area contributed by atoms with Crippen molar-refractivity contribution in [3.05, 3.63) is 12.2 Å². The molecule has 0 aromatic rings. The topological polar surface area (TPSA) is 74.8 Å². The van der Waals surface area contributed by atoms with Crippen molar-refractivity contribution in [2.75, 3.05) is 13.1 Å². The maximum atomic E-state index is 11.4. The highest BCUT2D eigenvalue weighted by Gasteiger charge is 2.32. The second-order valence-electron chi connectivity index (χ2n) is 4.50. The van der Waals surface area contributed by atoms with Crippen LogP contribution in [-0.4, -0.2) is 46.5 Å². The lowest BCUT2D eigenvalue weighted by Crippen LogP contribution is -2.36. The molecule has 0 radical (unpaired) electrons. The van der Waals surface area contributed by atoms with Crippen molar-refractivity contribution in [1.82, 2.24) is 9.80 Å². The summed E-state index contributed by atoms with van der Waals surface area (Å²) in [6.07, 6.45) is 0.919. The summed E-state index contributed by atoms with van der Waals surface area (Å²) in [5.74, 6) is -0.888. The van der Waals surface area contributed by atoms with Gasteiger partial charge in [0.05, 0.1) is 13.1 Å². The van der Waals surface area contributed by atoms with E-state index < -0.39 is 0 Å². The van der Waals surface area contributed by atoms with Crippen LogP contribution in [-0.2, 0) is 19.2 Å². The van der Waals surface area contributed by atoms with Crippen LogP contribution in [0, 0.1) is 0 Å². The van der Waals surface area contributed by atoms with E-state index in [1.54, 1.807) is 0 Å². The van der Waals surface area contributed by atoms with Crippen LogP contribution in [0.2, 0.25) is 0 Å². The molecule has 0 spiro atoms. The van der Waals surface area contributed by atoms with Crippen LogP contribution in [0.3, 0.4) is 0 Å². The van der Waals surface area contributed by atoms with Gasteiger partial charge in [-0.3, -0.25) is 29.0 Å². The lowest BCUT2D eigenvalue weighted by molar-refractivity contribution is -0.138. The molecule has 4 amide bonds. The zero-order chi connectivity index (χ0) is 13.3. The highest BCUT2D eigenvalue weighted by Crippen LogP contribution is 2.16. The van der Waals surface area contributed by atoms with Gasteiger partial charge in [-0.15, -0.1) is 0 Å². The van der Waals surface area contributed by atoms with Crippen molar-refractivity contribution >= 4 is 23.6 Å². The highest BCUT2D eigenvalue weighted by atomic mass is 16.2. The van der Waals surface area contributed by atoms with E-state index in [0.717, 1.165) is 9.80 Å². The standard InChI is InChI=1S/C12H14N2O4/c1-8(6-13-9(15)2-3-10(13)16)7-14-11(17)4-5-12(14)18/h1-7H2. The molecule has 6 nitrogen and oxygen atoms in total. The van der Waals surface area contributed by atoms with Crippen molar-refractivity contribution in [2.24, 2.45) is 0 Å². The monoisotopic (exact) mass is 250 g/mol. The predicted molar refractivity (Wildman–Crippen MR) is 61.0 cm³/mol. The molecule has 0 aromatic carbocycles. The van der Waals surface area contributed by atoms with E-state index in [1.807, 2.05) is 0 Å². The number of carbonyl (C=O) groups is 4. The molecule has 0 saturated carbocycles. The SMILES string of the molecule is C=C(CN1C(=O)CCC1=O)CN1C(=O)CCC1=O. The van der Waals surface area contributed by atoms with Crippen molar-refractivity contribution < 1.29 is 19.2 Å². The molecule has 0 aromatic heterocycles. The number of likely N-dealkylation sites (tertiary alicyclic amines) is 2. The van der Waals surface area contributed by atoms with E-state index in [-0.39, 0.29) is 62.4 Å². The van der Waals surface area contributed by atoms with Crippen LogP contribution in [0.5, 0.6) is 0 Å². The third kappa shape index (κ3) is 2.32. The number of rotatable bonds is 4. The Morgan fingerprint density at radius 1 is 0.778 bits per heavy atom. The number of amides is 4. The van der Waals surface area contributed by atoms with Crippen LogP contribution in [0.1, 0.15) is 25.7 Å². The van der Waals surface area contributed by atoms with E-state index in [2.05, 4.69) is 6.58 Å². The van der Waals surface area contributed by atoms with Gasteiger partial charge in [-0.2, -0.15) is 0 Å². The second kappa shape index (κ2) is 4.72. The summed E-state index contributed by atoms with van der Waals surface area (Å²) in [7, 11) is 0. The average Bonchev–Trinajstić information content (AvgIpc) is 2.79. The molecule has 2 rings (SSSR count). The molecule has 2 aliphatic heterocycles. The Balaban J connectivity index is 1.93. The van der Waals surface area contributed by atoms with Gasteiger partial charge in [0.2, 0.25) is 23.6 Å². The number of hydrogen-bond donors (Lipinski definition) is 0. The van der Waals surface area contributed by atoms with Crippen molar-refractivity contribution in [3.8, 4) is 0 Å². The van der Waals surface area contributed by atoms with Crippen LogP contribution in [0.15, 0.2) is 12.2 Å². The van der Waals surface area contributed by atoms with Gasteiger partial charge < -0.3 is 0 Å². The van der Waals surface area contributed by atoms with Crippen LogP contribution in [0.25, 0.3) is 0 Å². The molecule has 0 bridgehead atoms. The van der Waals surface area contributed by atoms with Gasteiger partial charge in [0, 0.05) is 25.7 Å². The molecule has 0 atom stereocenters. The normalized spacial score (nSPS) is 20.2. The first kappa shape index (κ1) is 12.5. The van der Waals surface area contributed by atoms with E-state index in [4.69, 9.17) is 0 Å². The summed E-state index contributed by atoms with van der Waals surface area (Å²) >= 11 is 0. The average molecular weight is 250 g/mol. The lowest BCUT2D eigenvalue weighted by Gasteiger charge is -2.19. The summed E-state index contributed by atoms with van der Waals surface area (Å²) in [6, 6.07) is 0. The number of carbonyl (C=O) groups excluding carboxylic acids is 4. The first-order valence-corrected chi connectivity index (χ1v) is 5.82. The van der Waals surface area contributed by atoms with Gasteiger partial charge in [-0.25, -0.2) is 0 Å². The molecular formula is C12H14N2O4. The molecule has 0 N–H and O–H groups in total. The smallest absolute Gasteiger partial charge is 0.229 e. The quantitative estimate of drug-likeness (QED) is 0.513. The fraction of sp³-hybridized carbons (Fsp3) is 0.500. The van der Waals surface area contributed by atoms with Gasteiger partial charge in [-0.05, 0) is 5.57 Å². The minimum atomic E-state index is -0.222. The molecule has 2 fully saturated rings. The summed E-state index contributed by atoms with van der Waals surface area (Å²) in [6.45, 7) is 3.91. The summed E-state index contributed by atoms with van der Waals surface area (Å²) in [5.41, 5.74) is 0.516. The van der Waals surface area contributed by atoms with Gasteiger partial charge in [0.15, 0.2) is 0 Å². The summed E-state index contributed by atoms with van der Waals surface area (Å²) in [5, 5.41) is 0. The first-order chi connectivity index (χ1) is 8.49. The summed E-state index contributed by atoms with van der Waals surface area (Å²) < 4.78 is 0. The molecule has 96 valence electrons. The first-order valence-electron chi connectivity index (χ1n) is 5.82. The fourth-order valence-corrected chi connectivity index (χ4v) is 2.10. The third-order valence-electron chi connectivity index (χ3n) is 3.07. The molecule has 18 heavy (non-hydrogen) atoms. The van der Waals surface area contributed by atoms with Crippen molar-refractivity contribution in [1.29, 1.82) is 0 Å². The molecular weight excluding hydrogens is 236 g/mol.